The standard InChI is InChI=1S/C17H17N3O4/c1-13-2-4-14(5-3-13)6-9-17(21)24-11-10-18-16-8-7-15(12-19-16)20(22)23/h2-9,12H,10-11H2,1H3,(H,18,19)/b9-6+. The molecule has 0 aliphatic rings. The minimum Gasteiger partial charge on any atom is -0.461 e. The number of hydrogen-bond acceptors (Lipinski definition) is 6. The molecule has 0 unspecified atom stereocenters. The second-order valence-electron chi connectivity index (χ2n) is 5.00. The largest absolute Gasteiger partial charge is 0.461 e. The molecule has 0 fully saturated rings. The number of pyridine rings is 1. The van der Waals surface area contributed by atoms with E-state index in [2.05, 4.69) is 10.3 Å². The Kier molecular flexibility index (Phi) is 6.01. The first kappa shape index (κ1) is 17.1. The van der Waals surface area contributed by atoms with E-state index in [1.165, 1.54) is 24.4 Å². The molecule has 0 saturated heterocycles. The van der Waals surface area contributed by atoms with Gasteiger partial charge in [-0.1, -0.05) is 29.8 Å². The molecule has 2 aromatic rings. The lowest BCUT2D eigenvalue weighted by Crippen LogP contribution is -2.13. The second kappa shape index (κ2) is 8.42. The highest BCUT2D eigenvalue weighted by molar-refractivity contribution is 5.87. The van der Waals surface area contributed by atoms with Gasteiger partial charge in [0.1, 0.15) is 18.6 Å². The Morgan fingerprint density at radius 2 is 2.04 bits per heavy atom. The molecule has 1 aromatic carbocycles. The molecule has 0 spiro atoms. The van der Waals surface area contributed by atoms with E-state index in [4.69, 9.17) is 4.74 Å². The third kappa shape index (κ3) is 5.53. The number of rotatable bonds is 7. The van der Waals surface area contributed by atoms with Gasteiger partial charge in [0, 0.05) is 12.1 Å². The number of ether oxygens (including phenoxy) is 1. The third-order valence-electron chi connectivity index (χ3n) is 3.10. The molecule has 0 atom stereocenters. The summed E-state index contributed by atoms with van der Waals surface area (Å²) in [7, 11) is 0. The van der Waals surface area contributed by atoms with Crippen molar-refractivity contribution in [1.29, 1.82) is 0 Å². The Hall–Kier alpha value is -3.22. The first-order valence-corrected chi connectivity index (χ1v) is 7.30. The molecule has 0 radical (unpaired) electrons. The van der Waals surface area contributed by atoms with Gasteiger partial charge in [-0.15, -0.1) is 0 Å². The summed E-state index contributed by atoms with van der Waals surface area (Å²) in [5.41, 5.74) is 2.00. The smallest absolute Gasteiger partial charge is 0.330 e. The van der Waals surface area contributed by atoms with Gasteiger partial charge in [0.2, 0.25) is 0 Å². The fraction of sp³-hybridized carbons (Fsp3) is 0.176. The quantitative estimate of drug-likeness (QED) is 0.276. The predicted molar refractivity (Wildman–Crippen MR) is 90.6 cm³/mol. The molecule has 0 amide bonds. The van der Waals surface area contributed by atoms with Crippen LogP contribution in [-0.4, -0.2) is 29.0 Å². The van der Waals surface area contributed by atoms with Crippen LogP contribution < -0.4 is 5.32 Å². The molecule has 7 heteroatoms. The maximum atomic E-state index is 11.6. The first-order valence-electron chi connectivity index (χ1n) is 7.30. The average Bonchev–Trinajstić information content (AvgIpc) is 2.58. The van der Waals surface area contributed by atoms with E-state index in [0.29, 0.717) is 12.4 Å². The Balaban J connectivity index is 1.70. The summed E-state index contributed by atoms with van der Waals surface area (Å²) in [6.45, 7) is 2.51. The number of aryl methyl sites for hydroxylation is 1. The molecular formula is C17H17N3O4. The molecule has 0 bridgehead atoms. The Morgan fingerprint density at radius 3 is 2.67 bits per heavy atom. The highest BCUT2D eigenvalue weighted by Crippen LogP contribution is 2.11. The van der Waals surface area contributed by atoms with Gasteiger partial charge in [-0.05, 0) is 24.6 Å². The van der Waals surface area contributed by atoms with Crippen LogP contribution in [0.15, 0.2) is 48.7 Å². The topological polar surface area (TPSA) is 94.4 Å². The molecule has 7 nitrogen and oxygen atoms in total. The maximum absolute atomic E-state index is 11.6. The zero-order chi connectivity index (χ0) is 17.4. The van der Waals surface area contributed by atoms with E-state index in [1.807, 2.05) is 31.2 Å². The lowest BCUT2D eigenvalue weighted by Gasteiger charge is -2.05. The van der Waals surface area contributed by atoms with Crippen LogP contribution in [0.25, 0.3) is 6.08 Å². The van der Waals surface area contributed by atoms with Crippen molar-refractivity contribution >= 4 is 23.6 Å². The molecule has 0 aliphatic carbocycles. The third-order valence-corrected chi connectivity index (χ3v) is 3.10. The molecule has 2 rings (SSSR count). The fourth-order valence-electron chi connectivity index (χ4n) is 1.82. The predicted octanol–water partition coefficient (Wildman–Crippen LogP) is 2.97. The minimum atomic E-state index is -0.515. The number of anilines is 1. The molecule has 24 heavy (non-hydrogen) atoms. The van der Waals surface area contributed by atoms with Gasteiger partial charge in [0.25, 0.3) is 5.69 Å². The number of carbonyl (C=O) groups is 1. The number of carbonyl (C=O) groups excluding carboxylic acids is 1. The van der Waals surface area contributed by atoms with Crippen molar-refractivity contribution in [3.63, 3.8) is 0 Å². The van der Waals surface area contributed by atoms with Crippen LogP contribution in [0.2, 0.25) is 0 Å². The summed E-state index contributed by atoms with van der Waals surface area (Å²) in [6.07, 6.45) is 4.22. The number of nitrogens with zero attached hydrogens (tertiary/aromatic N) is 2. The fourth-order valence-corrected chi connectivity index (χ4v) is 1.82. The number of aromatic nitrogens is 1. The van der Waals surface area contributed by atoms with Crippen molar-refractivity contribution in [1.82, 2.24) is 4.98 Å². The van der Waals surface area contributed by atoms with E-state index in [-0.39, 0.29) is 12.3 Å². The summed E-state index contributed by atoms with van der Waals surface area (Å²) in [4.78, 5) is 25.5. The highest BCUT2D eigenvalue weighted by Gasteiger charge is 2.04. The Labute approximate surface area is 139 Å². The molecule has 124 valence electrons. The SMILES string of the molecule is Cc1ccc(/C=C/C(=O)OCCNc2ccc([N+](=O)[O-])cn2)cc1. The monoisotopic (exact) mass is 327 g/mol. The van der Waals surface area contributed by atoms with Gasteiger partial charge in [-0.3, -0.25) is 10.1 Å². The summed E-state index contributed by atoms with van der Waals surface area (Å²) >= 11 is 0. The van der Waals surface area contributed by atoms with E-state index in [0.717, 1.165) is 11.1 Å². The van der Waals surface area contributed by atoms with E-state index < -0.39 is 10.9 Å². The van der Waals surface area contributed by atoms with E-state index in [9.17, 15) is 14.9 Å². The average molecular weight is 327 g/mol. The van der Waals surface area contributed by atoms with Crippen LogP contribution >= 0.6 is 0 Å². The van der Waals surface area contributed by atoms with Crippen molar-refractivity contribution in [2.45, 2.75) is 6.92 Å². The van der Waals surface area contributed by atoms with Crippen LogP contribution in [0.1, 0.15) is 11.1 Å². The van der Waals surface area contributed by atoms with Gasteiger partial charge in [0.05, 0.1) is 11.5 Å². The van der Waals surface area contributed by atoms with Crippen molar-refractivity contribution in [3.05, 3.63) is 69.9 Å². The molecule has 0 aliphatic heterocycles. The van der Waals surface area contributed by atoms with E-state index in [1.54, 1.807) is 6.08 Å². The van der Waals surface area contributed by atoms with Gasteiger partial charge >= 0.3 is 5.97 Å². The van der Waals surface area contributed by atoms with Crippen molar-refractivity contribution in [2.24, 2.45) is 0 Å². The number of esters is 1. The molecule has 0 saturated carbocycles. The minimum absolute atomic E-state index is 0.0757. The summed E-state index contributed by atoms with van der Waals surface area (Å²) in [5, 5.41) is 13.4. The van der Waals surface area contributed by atoms with Crippen LogP contribution in [0, 0.1) is 17.0 Å². The van der Waals surface area contributed by atoms with Gasteiger partial charge in [-0.2, -0.15) is 0 Å². The lowest BCUT2D eigenvalue weighted by molar-refractivity contribution is -0.385. The maximum Gasteiger partial charge on any atom is 0.330 e. The normalized spacial score (nSPS) is 10.5. The van der Waals surface area contributed by atoms with Crippen molar-refractivity contribution < 1.29 is 14.5 Å². The first-order chi connectivity index (χ1) is 11.5. The number of nitrogens with one attached hydrogen (secondary N) is 1. The zero-order valence-corrected chi connectivity index (χ0v) is 13.1. The summed E-state index contributed by atoms with van der Waals surface area (Å²) in [6, 6.07) is 10.6. The Bertz CT molecular complexity index is 725. The van der Waals surface area contributed by atoms with Crippen molar-refractivity contribution in [2.75, 3.05) is 18.5 Å². The van der Waals surface area contributed by atoms with Crippen molar-refractivity contribution in [3.8, 4) is 0 Å². The van der Waals surface area contributed by atoms with Gasteiger partial charge in [0.15, 0.2) is 0 Å². The van der Waals surface area contributed by atoms with Gasteiger partial charge < -0.3 is 10.1 Å². The molecule has 1 N–H and O–H groups in total. The van der Waals surface area contributed by atoms with Gasteiger partial charge in [-0.25, -0.2) is 9.78 Å². The lowest BCUT2D eigenvalue weighted by atomic mass is 10.1. The molecule has 1 aromatic heterocycles. The molecule has 1 heterocycles. The highest BCUT2D eigenvalue weighted by atomic mass is 16.6. The van der Waals surface area contributed by atoms with E-state index >= 15 is 0 Å². The number of hydrogen-bond donors (Lipinski definition) is 1. The number of nitro groups is 1. The zero-order valence-electron chi connectivity index (χ0n) is 13.1. The second-order valence-corrected chi connectivity index (χ2v) is 5.00. The summed E-state index contributed by atoms with van der Waals surface area (Å²) < 4.78 is 5.05. The molecular weight excluding hydrogens is 310 g/mol. The van der Waals surface area contributed by atoms with Crippen LogP contribution in [0.3, 0.4) is 0 Å². The number of benzene rings is 1. The summed E-state index contributed by atoms with van der Waals surface area (Å²) in [5.74, 6) is 0.0425. The van der Waals surface area contributed by atoms with Crippen LogP contribution in [-0.2, 0) is 9.53 Å². The van der Waals surface area contributed by atoms with Crippen LogP contribution in [0.4, 0.5) is 11.5 Å². The van der Waals surface area contributed by atoms with Crippen LogP contribution in [0.5, 0.6) is 0 Å². The Morgan fingerprint density at radius 1 is 1.29 bits per heavy atom.